The van der Waals surface area contributed by atoms with Crippen molar-refractivity contribution in [3.63, 3.8) is 0 Å². The SMILES string of the molecule is Cc1ccc(C(=O)NC2CCCCC2)cc1NS(=O)(=O)c1ccc(Cl)cc1. The van der Waals surface area contributed by atoms with Crippen LogP contribution >= 0.6 is 11.6 Å². The first-order valence-electron chi connectivity index (χ1n) is 9.05. The smallest absolute Gasteiger partial charge is 0.261 e. The molecule has 0 bridgehead atoms. The van der Waals surface area contributed by atoms with E-state index >= 15 is 0 Å². The van der Waals surface area contributed by atoms with Gasteiger partial charge in [0.15, 0.2) is 0 Å². The number of aryl methyl sites for hydroxylation is 1. The third kappa shape index (κ3) is 5.02. The number of hydrogen-bond acceptors (Lipinski definition) is 3. The molecule has 0 spiro atoms. The highest BCUT2D eigenvalue weighted by atomic mass is 35.5. The predicted octanol–water partition coefficient (Wildman–Crippen LogP) is 4.51. The van der Waals surface area contributed by atoms with Gasteiger partial charge in [0.05, 0.1) is 10.6 Å². The van der Waals surface area contributed by atoms with Crippen LogP contribution in [-0.2, 0) is 10.0 Å². The van der Waals surface area contributed by atoms with Crippen LogP contribution in [0, 0.1) is 6.92 Å². The molecule has 2 aromatic rings. The van der Waals surface area contributed by atoms with Gasteiger partial charge in [0.25, 0.3) is 15.9 Å². The van der Waals surface area contributed by atoms with Crippen molar-refractivity contribution in [2.24, 2.45) is 0 Å². The Labute approximate surface area is 165 Å². The minimum atomic E-state index is -3.76. The lowest BCUT2D eigenvalue weighted by Gasteiger charge is -2.23. The molecular weight excluding hydrogens is 384 g/mol. The number of nitrogens with one attached hydrogen (secondary N) is 2. The van der Waals surface area contributed by atoms with Crippen LogP contribution in [0.2, 0.25) is 5.02 Å². The topological polar surface area (TPSA) is 75.3 Å². The zero-order valence-electron chi connectivity index (χ0n) is 15.2. The molecule has 27 heavy (non-hydrogen) atoms. The van der Waals surface area contributed by atoms with E-state index in [2.05, 4.69) is 10.0 Å². The second-order valence-corrected chi connectivity index (χ2v) is 9.02. The van der Waals surface area contributed by atoms with Gasteiger partial charge in [0, 0.05) is 16.6 Å². The molecule has 0 atom stereocenters. The molecule has 0 saturated heterocycles. The van der Waals surface area contributed by atoms with Crippen LogP contribution in [0.4, 0.5) is 5.69 Å². The van der Waals surface area contributed by atoms with Crippen LogP contribution in [0.5, 0.6) is 0 Å². The molecule has 0 unspecified atom stereocenters. The van der Waals surface area contributed by atoms with Gasteiger partial charge >= 0.3 is 0 Å². The van der Waals surface area contributed by atoms with Gasteiger partial charge in [0.2, 0.25) is 0 Å². The standard InChI is InChI=1S/C20H23ClN2O3S/c1-14-7-8-15(20(24)22-17-5-3-2-4-6-17)13-19(14)23-27(25,26)18-11-9-16(21)10-12-18/h7-13,17,23H,2-6H2,1H3,(H,22,24). The number of amides is 1. The van der Waals surface area contributed by atoms with E-state index in [9.17, 15) is 13.2 Å². The minimum absolute atomic E-state index is 0.114. The van der Waals surface area contributed by atoms with E-state index in [1.54, 1.807) is 25.1 Å². The van der Waals surface area contributed by atoms with Crippen LogP contribution in [0.25, 0.3) is 0 Å². The van der Waals surface area contributed by atoms with E-state index < -0.39 is 10.0 Å². The molecule has 0 aliphatic heterocycles. The monoisotopic (exact) mass is 406 g/mol. The average molecular weight is 407 g/mol. The van der Waals surface area contributed by atoms with Gasteiger partial charge in [0.1, 0.15) is 0 Å². The summed E-state index contributed by atoms with van der Waals surface area (Å²) in [5.41, 5.74) is 1.57. The first-order valence-corrected chi connectivity index (χ1v) is 10.9. The fourth-order valence-corrected chi connectivity index (χ4v) is 4.45. The Hall–Kier alpha value is -2.05. The third-order valence-electron chi connectivity index (χ3n) is 4.81. The predicted molar refractivity (Wildman–Crippen MR) is 108 cm³/mol. The maximum absolute atomic E-state index is 12.6. The summed E-state index contributed by atoms with van der Waals surface area (Å²) in [5.74, 6) is -0.172. The van der Waals surface area contributed by atoms with Crippen molar-refractivity contribution in [3.05, 3.63) is 58.6 Å². The maximum Gasteiger partial charge on any atom is 0.261 e. The zero-order chi connectivity index (χ0) is 19.4. The Morgan fingerprint density at radius 1 is 1.04 bits per heavy atom. The molecule has 2 N–H and O–H groups in total. The van der Waals surface area contributed by atoms with Gasteiger partial charge in [-0.25, -0.2) is 8.42 Å². The van der Waals surface area contributed by atoms with E-state index in [0.29, 0.717) is 16.3 Å². The second-order valence-electron chi connectivity index (χ2n) is 6.90. The normalized spacial score (nSPS) is 15.3. The summed E-state index contributed by atoms with van der Waals surface area (Å²) in [4.78, 5) is 12.7. The molecule has 1 saturated carbocycles. The van der Waals surface area contributed by atoms with Gasteiger partial charge in [-0.15, -0.1) is 0 Å². The van der Waals surface area contributed by atoms with Crippen molar-refractivity contribution < 1.29 is 13.2 Å². The van der Waals surface area contributed by atoms with Crippen molar-refractivity contribution >= 4 is 33.2 Å². The molecule has 7 heteroatoms. The first-order chi connectivity index (χ1) is 12.8. The van der Waals surface area contributed by atoms with Crippen molar-refractivity contribution in [2.45, 2.75) is 50.0 Å². The molecule has 1 fully saturated rings. The average Bonchev–Trinajstić information content (AvgIpc) is 2.64. The van der Waals surface area contributed by atoms with E-state index in [1.807, 2.05) is 0 Å². The van der Waals surface area contributed by atoms with Gasteiger partial charge in [-0.1, -0.05) is 36.9 Å². The Morgan fingerprint density at radius 2 is 1.70 bits per heavy atom. The van der Waals surface area contributed by atoms with Crippen molar-refractivity contribution in [1.82, 2.24) is 5.32 Å². The number of halogens is 1. The van der Waals surface area contributed by atoms with Crippen LogP contribution in [0.1, 0.15) is 48.0 Å². The number of rotatable bonds is 5. The number of carbonyl (C=O) groups is 1. The van der Waals surface area contributed by atoms with E-state index in [1.165, 1.54) is 30.7 Å². The molecule has 0 aromatic heterocycles. The molecular formula is C20H23ClN2O3S. The van der Waals surface area contributed by atoms with Crippen LogP contribution in [-0.4, -0.2) is 20.4 Å². The minimum Gasteiger partial charge on any atom is -0.349 e. The Balaban J connectivity index is 1.78. The Kier molecular flexibility index (Phi) is 6.07. The number of hydrogen-bond donors (Lipinski definition) is 2. The highest BCUT2D eigenvalue weighted by molar-refractivity contribution is 7.92. The second kappa shape index (κ2) is 8.31. The van der Waals surface area contributed by atoms with E-state index in [0.717, 1.165) is 31.2 Å². The maximum atomic E-state index is 12.6. The highest BCUT2D eigenvalue weighted by Gasteiger charge is 2.19. The lowest BCUT2D eigenvalue weighted by Crippen LogP contribution is -2.36. The molecule has 0 radical (unpaired) electrons. The highest BCUT2D eigenvalue weighted by Crippen LogP contribution is 2.23. The van der Waals surface area contributed by atoms with Gasteiger partial charge in [-0.05, 0) is 61.7 Å². The quantitative estimate of drug-likeness (QED) is 0.766. The van der Waals surface area contributed by atoms with E-state index in [4.69, 9.17) is 11.6 Å². The Bertz CT molecular complexity index is 921. The summed E-state index contributed by atoms with van der Waals surface area (Å²) in [6, 6.07) is 11.2. The zero-order valence-corrected chi connectivity index (χ0v) is 16.7. The number of anilines is 1. The molecule has 1 amide bonds. The number of sulfonamides is 1. The molecule has 0 heterocycles. The molecule has 1 aliphatic rings. The number of benzene rings is 2. The fourth-order valence-electron chi connectivity index (χ4n) is 3.21. The van der Waals surface area contributed by atoms with Gasteiger partial charge in [-0.3, -0.25) is 9.52 Å². The van der Waals surface area contributed by atoms with Crippen LogP contribution in [0.15, 0.2) is 47.4 Å². The lowest BCUT2D eigenvalue weighted by molar-refractivity contribution is 0.0927. The summed E-state index contributed by atoms with van der Waals surface area (Å²) in [7, 11) is -3.76. The number of carbonyl (C=O) groups excluding carboxylic acids is 1. The van der Waals surface area contributed by atoms with E-state index in [-0.39, 0.29) is 16.8 Å². The summed E-state index contributed by atoms with van der Waals surface area (Å²) in [6.07, 6.45) is 5.46. The van der Waals surface area contributed by atoms with Crippen LogP contribution in [0.3, 0.4) is 0 Å². The summed E-state index contributed by atoms with van der Waals surface area (Å²) in [6.45, 7) is 1.79. The summed E-state index contributed by atoms with van der Waals surface area (Å²) >= 11 is 5.82. The Morgan fingerprint density at radius 3 is 2.37 bits per heavy atom. The third-order valence-corrected chi connectivity index (χ3v) is 6.44. The molecule has 2 aromatic carbocycles. The van der Waals surface area contributed by atoms with Gasteiger partial charge in [-0.2, -0.15) is 0 Å². The first kappa shape index (κ1) is 19.7. The largest absolute Gasteiger partial charge is 0.349 e. The van der Waals surface area contributed by atoms with Crippen LogP contribution < -0.4 is 10.0 Å². The van der Waals surface area contributed by atoms with Gasteiger partial charge < -0.3 is 5.32 Å². The summed E-state index contributed by atoms with van der Waals surface area (Å²) in [5, 5.41) is 3.52. The molecule has 3 rings (SSSR count). The fraction of sp³-hybridized carbons (Fsp3) is 0.350. The van der Waals surface area contributed by atoms with Crippen molar-refractivity contribution in [1.29, 1.82) is 0 Å². The molecule has 144 valence electrons. The van der Waals surface area contributed by atoms with Crippen molar-refractivity contribution in [3.8, 4) is 0 Å². The summed E-state index contributed by atoms with van der Waals surface area (Å²) < 4.78 is 27.8. The lowest BCUT2D eigenvalue weighted by atomic mass is 9.95. The van der Waals surface area contributed by atoms with Crippen molar-refractivity contribution in [2.75, 3.05) is 4.72 Å². The molecule has 1 aliphatic carbocycles. The molecule has 5 nitrogen and oxygen atoms in total.